The molecule has 2 nitrogen and oxygen atoms in total. The van der Waals surface area contributed by atoms with Crippen molar-refractivity contribution in [1.29, 1.82) is 0 Å². The number of H-pyrrole nitrogens is 1. The van der Waals surface area contributed by atoms with E-state index in [4.69, 9.17) is 5.73 Å². The number of nitrogens with two attached hydrogens (primary N) is 1. The first kappa shape index (κ1) is 14.4. The molecule has 1 aromatic carbocycles. The van der Waals surface area contributed by atoms with Gasteiger partial charge < -0.3 is 10.7 Å². The smallest absolute Gasteiger partial charge is 0.0598 e. The maximum Gasteiger partial charge on any atom is 0.0598 e. The third-order valence-electron chi connectivity index (χ3n) is 4.01. The van der Waals surface area contributed by atoms with Crippen molar-refractivity contribution in [2.75, 3.05) is 6.54 Å². The van der Waals surface area contributed by atoms with E-state index in [1.54, 1.807) is 0 Å². The molecule has 0 unspecified atom stereocenters. The van der Waals surface area contributed by atoms with Gasteiger partial charge in [-0.15, -0.1) is 11.3 Å². The van der Waals surface area contributed by atoms with Crippen molar-refractivity contribution >= 4 is 22.2 Å². The molecule has 2 heterocycles. The van der Waals surface area contributed by atoms with Crippen LogP contribution in [0.4, 0.5) is 0 Å². The van der Waals surface area contributed by atoms with Crippen LogP contribution in [0.15, 0.2) is 29.6 Å². The molecule has 0 saturated carbocycles. The van der Waals surface area contributed by atoms with Crippen molar-refractivity contribution in [3.05, 3.63) is 46.3 Å². The van der Waals surface area contributed by atoms with Crippen LogP contribution in [0, 0.1) is 13.8 Å². The molecule has 0 aliphatic heterocycles. The number of hydrogen-bond donors (Lipinski definition) is 2. The number of aromatic nitrogens is 1. The van der Waals surface area contributed by atoms with Crippen LogP contribution in [-0.4, -0.2) is 11.5 Å². The fourth-order valence-electron chi connectivity index (χ4n) is 2.90. The van der Waals surface area contributed by atoms with Crippen molar-refractivity contribution in [2.24, 2.45) is 5.73 Å². The number of hydrogen-bond acceptors (Lipinski definition) is 2. The molecule has 0 atom stereocenters. The van der Waals surface area contributed by atoms with Gasteiger partial charge in [-0.25, -0.2) is 0 Å². The summed E-state index contributed by atoms with van der Waals surface area (Å²) in [6, 6.07) is 8.84. The minimum Gasteiger partial charge on any atom is -0.353 e. The first-order valence-electron chi connectivity index (χ1n) is 7.56. The van der Waals surface area contributed by atoms with Gasteiger partial charge in [0.15, 0.2) is 0 Å². The van der Waals surface area contributed by atoms with E-state index in [0.717, 1.165) is 25.8 Å². The van der Waals surface area contributed by atoms with Crippen LogP contribution >= 0.6 is 11.3 Å². The van der Waals surface area contributed by atoms with Crippen molar-refractivity contribution in [3.8, 4) is 10.6 Å². The van der Waals surface area contributed by atoms with Gasteiger partial charge in [-0.3, -0.25) is 0 Å². The van der Waals surface area contributed by atoms with Crippen LogP contribution in [-0.2, 0) is 6.42 Å². The average molecular weight is 298 g/mol. The maximum atomic E-state index is 5.65. The van der Waals surface area contributed by atoms with Crippen LogP contribution in [0.1, 0.15) is 29.5 Å². The molecule has 21 heavy (non-hydrogen) atoms. The van der Waals surface area contributed by atoms with E-state index in [0.29, 0.717) is 0 Å². The lowest BCUT2D eigenvalue weighted by Gasteiger charge is -2.03. The summed E-state index contributed by atoms with van der Waals surface area (Å²) in [4.78, 5) is 5.01. The van der Waals surface area contributed by atoms with Crippen LogP contribution < -0.4 is 5.73 Å². The van der Waals surface area contributed by atoms with Crippen LogP contribution in [0.3, 0.4) is 0 Å². The number of unbranched alkanes of at least 4 members (excludes halogenated alkanes) is 1. The second kappa shape index (κ2) is 6.04. The highest BCUT2D eigenvalue weighted by Crippen LogP contribution is 2.35. The molecule has 0 spiro atoms. The van der Waals surface area contributed by atoms with E-state index in [9.17, 15) is 0 Å². The lowest BCUT2D eigenvalue weighted by molar-refractivity contribution is 0.748. The van der Waals surface area contributed by atoms with E-state index < -0.39 is 0 Å². The lowest BCUT2D eigenvalue weighted by Crippen LogP contribution is -1.99. The SMILES string of the molecule is Cc1csc(-c2[nH]c3c(C)cccc3c2CCCCN)c1. The van der Waals surface area contributed by atoms with Gasteiger partial charge in [-0.2, -0.15) is 0 Å². The van der Waals surface area contributed by atoms with Gasteiger partial charge in [0, 0.05) is 10.9 Å². The Labute approximate surface area is 130 Å². The van der Waals surface area contributed by atoms with Gasteiger partial charge >= 0.3 is 0 Å². The number of para-hydroxylation sites is 1. The molecule has 0 fully saturated rings. The molecule has 2 aromatic heterocycles. The number of aryl methyl sites for hydroxylation is 3. The van der Waals surface area contributed by atoms with Crippen LogP contribution in [0.2, 0.25) is 0 Å². The third-order valence-corrected chi connectivity index (χ3v) is 5.07. The first-order chi connectivity index (χ1) is 10.2. The standard InChI is InChI=1S/C18H22N2S/c1-12-10-16(21-11-12)18-15(7-3-4-9-19)14-8-5-6-13(2)17(14)20-18/h5-6,8,10-11,20H,3-4,7,9,19H2,1-2H3. The number of thiophene rings is 1. The molecule has 0 amide bonds. The molecule has 0 aliphatic carbocycles. The summed E-state index contributed by atoms with van der Waals surface area (Å²) in [5.41, 5.74) is 12.3. The fourth-order valence-corrected chi connectivity index (χ4v) is 3.83. The zero-order chi connectivity index (χ0) is 14.8. The summed E-state index contributed by atoms with van der Waals surface area (Å²) in [6.45, 7) is 5.10. The van der Waals surface area contributed by atoms with Gasteiger partial charge in [-0.05, 0) is 67.8 Å². The van der Waals surface area contributed by atoms with Crippen LogP contribution in [0.25, 0.3) is 21.5 Å². The number of aromatic amines is 1. The highest BCUT2D eigenvalue weighted by molar-refractivity contribution is 7.13. The molecule has 0 aliphatic rings. The average Bonchev–Trinajstić information content (AvgIpc) is 3.04. The molecule has 3 N–H and O–H groups in total. The highest BCUT2D eigenvalue weighted by atomic mass is 32.1. The topological polar surface area (TPSA) is 41.8 Å². The number of fused-ring (bicyclic) bond motifs is 1. The fraction of sp³-hybridized carbons (Fsp3) is 0.333. The zero-order valence-corrected chi connectivity index (χ0v) is 13.5. The van der Waals surface area contributed by atoms with Crippen LogP contribution in [0.5, 0.6) is 0 Å². The summed E-state index contributed by atoms with van der Waals surface area (Å²) in [6.07, 6.45) is 3.32. The Hall–Kier alpha value is -1.58. The molecule has 0 radical (unpaired) electrons. The van der Waals surface area contributed by atoms with E-state index in [1.165, 1.54) is 38.2 Å². The molecule has 3 rings (SSSR count). The maximum absolute atomic E-state index is 5.65. The first-order valence-corrected chi connectivity index (χ1v) is 8.44. The minimum absolute atomic E-state index is 0.773. The van der Waals surface area contributed by atoms with Gasteiger partial charge in [0.05, 0.1) is 10.6 Å². The molecular formula is C18H22N2S. The van der Waals surface area contributed by atoms with E-state index in [1.807, 2.05) is 11.3 Å². The Balaban J connectivity index is 2.12. The Morgan fingerprint density at radius 1 is 1.19 bits per heavy atom. The molecule has 0 saturated heterocycles. The summed E-state index contributed by atoms with van der Waals surface area (Å²) >= 11 is 1.82. The Bertz CT molecular complexity index is 752. The second-order valence-electron chi connectivity index (χ2n) is 5.71. The van der Waals surface area contributed by atoms with Crippen molar-refractivity contribution in [3.63, 3.8) is 0 Å². The molecule has 3 heteroatoms. The van der Waals surface area contributed by atoms with E-state index >= 15 is 0 Å². The minimum atomic E-state index is 0.773. The zero-order valence-electron chi connectivity index (χ0n) is 12.7. The number of benzene rings is 1. The van der Waals surface area contributed by atoms with Gasteiger partial charge in [-0.1, -0.05) is 18.2 Å². The summed E-state index contributed by atoms with van der Waals surface area (Å²) in [5, 5.41) is 3.59. The van der Waals surface area contributed by atoms with Gasteiger partial charge in [0.1, 0.15) is 0 Å². The van der Waals surface area contributed by atoms with E-state index in [-0.39, 0.29) is 0 Å². The van der Waals surface area contributed by atoms with E-state index in [2.05, 4.69) is 48.5 Å². The van der Waals surface area contributed by atoms with Crippen molar-refractivity contribution in [2.45, 2.75) is 33.1 Å². The molecular weight excluding hydrogens is 276 g/mol. The quantitative estimate of drug-likeness (QED) is 0.653. The molecule has 110 valence electrons. The van der Waals surface area contributed by atoms with Gasteiger partial charge in [0.25, 0.3) is 0 Å². The second-order valence-corrected chi connectivity index (χ2v) is 6.62. The lowest BCUT2D eigenvalue weighted by atomic mass is 10.0. The highest BCUT2D eigenvalue weighted by Gasteiger charge is 2.15. The summed E-state index contributed by atoms with van der Waals surface area (Å²) in [5.74, 6) is 0. The monoisotopic (exact) mass is 298 g/mol. The predicted molar refractivity (Wildman–Crippen MR) is 93.1 cm³/mol. The molecule has 3 aromatic rings. The summed E-state index contributed by atoms with van der Waals surface area (Å²) in [7, 11) is 0. The largest absolute Gasteiger partial charge is 0.353 e. The number of rotatable bonds is 5. The summed E-state index contributed by atoms with van der Waals surface area (Å²) < 4.78 is 0. The predicted octanol–water partition coefficient (Wildman–Crippen LogP) is 4.79. The Morgan fingerprint density at radius 3 is 2.76 bits per heavy atom. The van der Waals surface area contributed by atoms with Gasteiger partial charge in [0.2, 0.25) is 0 Å². The normalized spacial score (nSPS) is 11.4. The Morgan fingerprint density at radius 2 is 2.05 bits per heavy atom. The van der Waals surface area contributed by atoms with Crippen molar-refractivity contribution < 1.29 is 0 Å². The molecule has 0 bridgehead atoms. The van der Waals surface area contributed by atoms with Crippen molar-refractivity contribution in [1.82, 2.24) is 4.98 Å². The third kappa shape index (κ3) is 2.76. The Kier molecular flexibility index (Phi) is 4.13. The number of nitrogens with one attached hydrogen (secondary N) is 1.